The summed E-state index contributed by atoms with van der Waals surface area (Å²) >= 11 is 1.53. The molecule has 2 rings (SSSR count). The molecule has 1 aromatic heterocycles. The quantitative estimate of drug-likeness (QED) is 0.858. The van der Waals surface area contributed by atoms with E-state index in [1.165, 1.54) is 30.7 Å². The molecule has 1 saturated heterocycles. The van der Waals surface area contributed by atoms with Crippen molar-refractivity contribution in [3.05, 3.63) is 23.9 Å². The molecule has 1 N–H and O–H groups in total. The average molecular weight is 290 g/mol. The highest BCUT2D eigenvalue weighted by molar-refractivity contribution is 7.99. The standard InChI is InChI=1S/C13H17F3N2S/c14-13(15,16)11-3-4-12(18-9-11)19-7-5-10-2-1-6-17-8-10/h3-4,9-10,17H,1-2,5-8H2. The van der Waals surface area contributed by atoms with Crippen molar-refractivity contribution in [2.75, 3.05) is 18.8 Å². The number of hydrogen-bond donors (Lipinski definition) is 1. The third-order valence-corrected chi connectivity index (χ3v) is 4.22. The topological polar surface area (TPSA) is 24.9 Å². The Balaban J connectivity index is 1.76. The van der Waals surface area contributed by atoms with Crippen LogP contribution in [0.1, 0.15) is 24.8 Å². The molecule has 0 bridgehead atoms. The van der Waals surface area contributed by atoms with E-state index in [2.05, 4.69) is 10.3 Å². The number of nitrogens with one attached hydrogen (secondary N) is 1. The lowest BCUT2D eigenvalue weighted by molar-refractivity contribution is -0.137. The molecule has 0 spiro atoms. The predicted octanol–water partition coefficient (Wildman–Crippen LogP) is 3.58. The van der Waals surface area contributed by atoms with Crippen molar-refractivity contribution >= 4 is 11.8 Å². The minimum absolute atomic E-state index is 0.664. The number of nitrogens with zero attached hydrogens (tertiary/aromatic N) is 1. The highest BCUT2D eigenvalue weighted by atomic mass is 32.2. The van der Waals surface area contributed by atoms with Crippen LogP contribution in [0.5, 0.6) is 0 Å². The fourth-order valence-electron chi connectivity index (χ4n) is 2.13. The molecule has 1 fully saturated rings. The first-order valence-corrected chi connectivity index (χ1v) is 7.41. The average Bonchev–Trinajstić information content (AvgIpc) is 2.39. The second-order valence-corrected chi connectivity index (χ2v) is 5.85. The van der Waals surface area contributed by atoms with Crippen molar-refractivity contribution in [1.29, 1.82) is 0 Å². The maximum Gasteiger partial charge on any atom is 0.417 e. The Morgan fingerprint density at radius 2 is 2.21 bits per heavy atom. The summed E-state index contributed by atoms with van der Waals surface area (Å²) < 4.78 is 37.1. The van der Waals surface area contributed by atoms with E-state index in [0.717, 1.165) is 37.5 Å². The fourth-order valence-corrected chi connectivity index (χ4v) is 3.09. The van der Waals surface area contributed by atoms with E-state index in [-0.39, 0.29) is 0 Å². The van der Waals surface area contributed by atoms with E-state index < -0.39 is 11.7 Å². The minimum atomic E-state index is -4.30. The normalized spacial score (nSPS) is 20.5. The maximum atomic E-state index is 12.4. The lowest BCUT2D eigenvalue weighted by Crippen LogP contribution is -2.29. The molecule has 1 aromatic rings. The van der Waals surface area contributed by atoms with Gasteiger partial charge in [-0.15, -0.1) is 11.8 Å². The third-order valence-electron chi connectivity index (χ3n) is 3.24. The van der Waals surface area contributed by atoms with Crippen molar-refractivity contribution in [3.8, 4) is 0 Å². The van der Waals surface area contributed by atoms with Gasteiger partial charge < -0.3 is 5.32 Å². The first-order valence-electron chi connectivity index (χ1n) is 6.42. The van der Waals surface area contributed by atoms with Crippen molar-refractivity contribution < 1.29 is 13.2 Å². The van der Waals surface area contributed by atoms with E-state index >= 15 is 0 Å². The molecule has 1 atom stereocenters. The van der Waals surface area contributed by atoms with Crippen LogP contribution in [-0.2, 0) is 6.18 Å². The number of piperidine rings is 1. The molecule has 2 heterocycles. The molecule has 19 heavy (non-hydrogen) atoms. The number of alkyl halides is 3. The molecule has 0 aliphatic carbocycles. The number of hydrogen-bond acceptors (Lipinski definition) is 3. The Morgan fingerprint density at radius 3 is 2.79 bits per heavy atom. The van der Waals surface area contributed by atoms with Crippen LogP contribution in [0.2, 0.25) is 0 Å². The molecule has 0 aromatic carbocycles. The van der Waals surface area contributed by atoms with Crippen LogP contribution >= 0.6 is 11.8 Å². The van der Waals surface area contributed by atoms with Crippen molar-refractivity contribution in [2.24, 2.45) is 5.92 Å². The molecule has 0 saturated carbocycles. The van der Waals surface area contributed by atoms with Gasteiger partial charge in [0.2, 0.25) is 0 Å². The molecule has 6 heteroatoms. The van der Waals surface area contributed by atoms with Crippen LogP contribution in [-0.4, -0.2) is 23.8 Å². The van der Waals surface area contributed by atoms with Gasteiger partial charge in [-0.1, -0.05) is 0 Å². The first kappa shape index (κ1) is 14.7. The smallest absolute Gasteiger partial charge is 0.316 e. The molecule has 1 aliphatic rings. The second-order valence-electron chi connectivity index (χ2n) is 4.73. The zero-order chi connectivity index (χ0) is 13.7. The Labute approximate surface area is 115 Å². The zero-order valence-corrected chi connectivity index (χ0v) is 11.4. The van der Waals surface area contributed by atoms with Crippen LogP contribution in [0.3, 0.4) is 0 Å². The number of thioether (sulfide) groups is 1. The fraction of sp³-hybridized carbons (Fsp3) is 0.615. The summed E-state index contributed by atoms with van der Waals surface area (Å²) in [5, 5.41) is 4.02. The van der Waals surface area contributed by atoms with Crippen LogP contribution in [0, 0.1) is 5.92 Å². The van der Waals surface area contributed by atoms with E-state index in [1.807, 2.05) is 0 Å². The number of rotatable bonds is 4. The van der Waals surface area contributed by atoms with Crippen LogP contribution < -0.4 is 5.32 Å². The maximum absolute atomic E-state index is 12.4. The molecule has 106 valence electrons. The van der Waals surface area contributed by atoms with Gasteiger partial charge >= 0.3 is 6.18 Å². The molecule has 1 aliphatic heterocycles. The van der Waals surface area contributed by atoms with Gasteiger partial charge in [0, 0.05) is 6.20 Å². The highest BCUT2D eigenvalue weighted by Crippen LogP contribution is 2.30. The van der Waals surface area contributed by atoms with Crippen molar-refractivity contribution in [2.45, 2.75) is 30.5 Å². The van der Waals surface area contributed by atoms with Crippen LogP contribution in [0.4, 0.5) is 13.2 Å². The Hall–Kier alpha value is -0.750. The number of pyridine rings is 1. The van der Waals surface area contributed by atoms with Gasteiger partial charge in [-0.25, -0.2) is 4.98 Å². The van der Waals surface area contributed by atoms with E-state index in [9.17, 15) is 13.2 Å². The van der Waals surface area contributed by atoms with Gasteiger partial charge in [-0.2, -0.15) is 13.2 Å². The van der Waals surface area contributed by atoms with E-state index in [0.29, 0.717) is 10.9 Å². The van der Waals surface area contributed by atoms with Gasteiger partial charge in [0.05, 0.1) is 10.6 Å². The van der Waals surface area contributed by atoms with Crippen LogP contribution in [0.15, 0.2) is 23.4 Å². The van der Waals surface area contributed by atoms with Crippen molar-refractivity contribution in [3.63, 3.8) is 0 Å². The monoisotopic (exact) mass is 290 g/mol. The summed E-state index contributed by atoms with van der Waals surface area (Å²) in [6.45, 7) is 2.16. The van der Waals surface area contributed by atoms with Gasteiger partial charge in [0.1, 0.15) is 0 Å². The highest BCUT2D eigenvalue weighted by Gasteiger charge is 2.30. The van der Waals surface area contributed by atoms with Gasteiger partial charge in [-0.3, -0.25) is 0 Å². The molecule has 1 unspecified atom stereocenters. The Kier molecular flexibility index (Phi) is 5.10. The summed E-state index contributed by atoms with van der Waals surface area (Å²) in [5.74, 6) is 1.60. The van der Waals surface area contributed by atoms with Gasteiger partial charge in [-0.05, 0) is 56.2 Å². The molecular formula is C13H17F3N2S. The van der Waals surface area contributed by atoms with Gasteiger partial charge in [0.25, 0.3) is 0 Å². The number of halogens is 3. The van der Waals surface area contributed by atoms with Crippen LogP contribution in [0.25, 0.3) is 0 Å². The Morgan fingerprint density at radius 1 is 1.37 bits per heavy atom. The van der Waals surface area contributed by atoms with Crippen molar-refractivity contribution in [1.82, 2.24) is 10.3 Å². The summed E-state index contributed by atoms with van der Waals surface area (Å²) in [7, 11) is 0. The summed E-state index contributed by atoms with van der Waals surface area (Å²) in [4.78, 5) is 3.86. The first-order chi connectivity index (χ1) is 9.05. The van der Waals surface area contributed by atoms with E-state index in [4.69, 9.17) is 0 Å². The number of aromatic nitrogens is 1. The summed E-state index contributed by atoms with van der Waals surface area (Å²) in [6.07, 6.45) is 0.149. The minimum Gasteiger partial charge on any atom is -0.316 e. The second kappa shape index (κ2) is 6.61. The zero-order valence-electron chi connectivity index (χ0n) is 10.5. The largest absolute Gasteiger partial charge is 0.417 e. The third kappa shape index (κ3) is 4.69. The van der Waals surface area contributed by atoms with E-state index in [1.54, 1.807) is 0 Å². The molecular weight excluding hydrogens is 273 g/mol. The molecule has 2 nitrogen and oxygen atoms in total. The molecule has 0 radical (unpaired) electrons. The van der Waals surface area contributed by atoms with Gasteiger partial charge in [0.15, 0.2) is 0 Å². The Bertz CT molecular complexity index is 386. The molecule has 0 amide bonds. The lowest BCUT2D eigenvalue weighted by Gasteiger charge is -2.22. The summed E-state index contributed by atoms with van der Waals surface area (Å²) in [5.41, 5.74) is -0.687. The predicted molar refractivity (Wildman–Crippen MR) is 70.2 cm³/mol. The summed E-state index contributed by atoms with van der Waals surface area (Å²) in [6, 6.07) is 2.55. The lowest BCUT2D eigenvalue weighted by atomic mass is 9.97. The SMILES string of the molecule is FC(F)(F)c1ccc(SCCC2CCCNC2)nc1.